The summed E-state index contributed by atoms with van der Waals surface area (Å²) in [6.45, 7) is 2.93. The fraction of sp³-hybridized carbons (Fsp3) is 0.467. The second-order valence-electron chi connectivity index (χ2n) is 5.15. The molecule has 1 fully saturated rings. The summed E-state index contributed by atoms with van der Waals surface area (Å²) >= 11 is 0. The monoisotopic (exact) mass is 276 g/mol. The summed E-state index contributed by atoms with van der Waals surface area (Å²) in [6, 6.07) is 5.42. The first-order valence-corrected chi connectivity index (χ1v) is 6.76. The number of rotatable bonds is 2. The summed E-state index contributed by atoms with van der Waals surface area (Å²) in [5.41, 5.74) is 7.88. The Kier molecular flexibility index (Phi) is 4.27. The van der Waals surface area contributed by atoms with Crippen molar-refractivity contribution in [3.63, 3.8) is 0 Å². The van der Waals surface area contributed by atoms with Gasteiger partial charge in [-0.25, -0.2) is 0 Å². The number of piperidine rings is 1. The van der Waals surface area contributed by atoms with Crippen molar-refractivity contribution in [3.8, 4) is 0 Å². The maximum atomic E-state index is 12.5. The molecule has 1 aliphatic rings. The smallest absolute Gasteiger partial charge is 0.310 e. The van der Waals surface area contributed by atoms with Gasteiger partial charge in [0.25, 0.3) is 5.91 Å². The number of carbonyl (C=O) groups excluding carboxylic acids is 2. The second-order valence-corrected chi connectivity index (χ2v) is 5.15. The van der Waals surface area contributed by atoms with Crippen LogP contribution in [0.3, 0.4) is 0 Å². The molecule has 1 atom stereocenters. The first-order valence-electron chi connectivity index (χ1n) is 6.76. The zero-order valence-corrected chi connectivity index (χ0v) is 11.9. The molecule has 5 nitrogen and oxygen atoms in total. The highest BCUT2D eigenvalue weighted by molar-refractivity contribution is 6.00. The van der Waals surface area contributed by atoms with Gasteiger partial charge in [0.15, 0.2) is 0 Å². The van der Waals surface area contributed by atoms with E-state index in [1.807, 2.05) is 19.1 Å². The van der Waals surface area contributed by atoms with Crippen LogP contribution in [0.4, 0.5) is 5.69 Å². The van der Waals surface area contributed by atoms with Crippen LogP contribution in [-0.2, 0) is 9.53 Å². The van der Waals surface area contributed by atoms with Gasteiger partial charge in [-0.3, -0.25) is 9.59 Å². The summed E-state index contributed by atoms with van der Waals surface area (Å²) in [5, 5.41) is 0. The van der Waals surface area contributed by atoms with Crippen LogP contribution in [0, 0.1) is 12.8 Å². The predicted molar refractivity (Wildman–Crippen MR) is 76.2 cm³/mol. The van der Waals surface area contributed by atoms with E-state index in [0.717, 1.165) is 18.4 Å². The number of hydrogen-bond acceptors (Lipinski definition) is 4. The molecule has 0 aromatic heterocycles. The van der Waals surface area contributed by atoms with E-state index in [1.165, 1.54) is 7.11 Å². The van der Waals surface area contributed by atoms with E-state index in [4.69, 9.17) is 10.5 Å². The maximum absolute atomic E-state index is 12.5. The Morgan fingerprint density at radius 1 is 1.40 bits per heavy atom. The zero-order valence-electron chi connectivity index (χ0n) is 11.9. The zero-order chi connectivity index (χ0) is 14.7. The minimum atomic E-state index is -0.250. The number of benzene rings is 1. The van der Waals surface area contributed by atoms with Crippen LogP contribution in [0.15, 0.2) is 18.2 Å². The molecule has 5 heteroatoms. The van der Waals surface area contributed by atoms with Crippen LogP contribution in [0.2, 0.25) is 0 Å². The van der Waals surface area contributed by atoms with Gasteiger partial charge >= 0.3 is 5.97 Å². The number of esters is 1. The summed E-state index contributed by atoms with van der Waals surface area (Å²) < 4.78 is 4.76. The third kappa shape index (κ3) is 2.76. The van der Waals surface area contributed by atoms with Crippen molar-refractivity contribution in [1.29, 1.82) is 0 Å². The molecule has 20 heavy (non-hydrogen) atoms. The first kappa shape index (κ1) is 14.4. The lowest BCUT2D eigenvalue weighted by Crippen LogP contribution is -2.42. The molecule has 1 aliphatic heterocycles. The largest absolute Gasteiger partial charge is 0.469 e. The quantitative estimate of drug-likeness (QED) is 0.658. The van der Waals surface area contributed by atoms with Crippen LogP contribution in [0.5, 0.6) is 0 Å². The standard InChI is InChI=1S/C15H20N2O3/c1-10-5-3-7-12(13(10)16)14(18)17-8-4-6-11(9-17)15(19)20-2/h3,5,7,11H,4,6,8-9,16H2,1-2H3. The topological polar surface area (TPSA) is 72.6 Å². The Hall–Kier alpha value is -2.04. The van der Waals surface area contributed by atoms with Crippen LogP contribution in [0.25, 0.3) is 0 Å². The molecule has 0 spiro atoms. The highest BCUT2D eigenvalue weighted by Crippen LogP contribution is 2.23. The molecule has 1 saturated heterocycles. The number of amides is 1. The number of hydrogen-bond donors (Lipinski definition) is 1. The van der Waals surface area contributed by atoms with E-state index in [0.29, 0.717) is 24.3 Å². The Labute approximate surface area is 118 Å². The van der Waals surface area contributed by atoms with E-state index in [2.05, 4.69) is 0 Å². The third-order valence-corrected chi connectivity index (χ3v) is 3.80. The summed E-state index contributed by atoms with van der Waals surface area (Å²) in [4.78, 5) is 25.8. The number of methoxy groups -OCH3 is 1. The van der Waals surface area contributed by atoms with E-state index in [1.54, 1.807) is 11.0 Å². The Morgan fingerprint density at radius 3 is 2.85 bits per heavy atom. The molecule has 2 N–H and O–H groups in total. The van der Waals surface area contributed by atoms with Gasteiger partial charge in [0.2, 0.25) is 0 Å². The first-order chi connectivity index (χ1) is 9.54. The lowest BCUT2D eigenvalue weighted by Gasteiger charge is -2.31. The van der Waals surface area contributed by atoms with Crippen LogP contribution in [0.1, 0.15) is 28.8 Å². The van der Waals surface area contributed by atoms with E-state index >= 15 is 0 Å². The van der Waals surface area contributed by atoms with Gasteiger partial charge in [-0.1, -0.05) is 12.1 Å². The minimum Gasteiger partial charge on any atom is -0.469 e. The van der Waals surface area contributed by atoms with Crippen molar-refractivity contribution < 1.29 is 14.3 Å². The van der Waals surface area contributed by atoms with Gasteiger partial charge in [0.1, 0.15) is 0 Å². The number of carbonyl (C=O) groups is 2. The van der Waals surface area contributed by atoms with Gasteiger partial charge in [0, 0.05) is 18.8 Å². The van der Waals surface area contributed by atoms with Crippen molar-refractivity contribution in [1.82, 2.24) is 4.90 Å². The Morgan fingerprint density at radius 2 is 2.15 bits per heavy atom. The molecule has 1 aromatic carbocycles. The second kappa shape index (κ2) is 5.94. The Balaban J connectivity index is 2.16. The van der Waals surface area contributed by atoms with Crippen LogP contribution < -0.4 is 5.73 Å². The molecule has 0 saturated carbocycles. The number of anilines is 1. The van der Waals surface area contributed by atoms with E-state index in [9.17, 15) is 9.59 Å². The highest BCUT2D eigenvalue weighted by Gasteiger charge is 2.30. The number of likely N-dealkylation sites (tertiary alicyclic amines) is 1. The number of aryl methyl sites for hydroxylation is 1. The van der Waals surface area contributed by atoms with Gasteiger partial charge in [0.05, 0.1) is 18.6 Å². The van der Waals surface area contributed by atoms with Gasteiger partial charge in [-0.05, 0) is 31.4 Å². The number of nitrogens with zero attached hydrogens (tertiary/aromatic N) is 1. The van der Waals surface area contributed by atoms with Gasteiger partial charge in [-0.2, -0.15) is 0 Å². The average Bonchev–Trinajstić information content (AvgIpc) is 2.48. The molecule has 1 unspecified atom stereocenters. The molecule has 1 heterocycles. The molecular formula is C15H20N2O3. The van der Waals surface area contributed by atoms with E-state index in [-0.39, 0.29) is 17.8 Å². The fourth-order valence-corrected chi connectivity index (χ4v) is 2.56. The molecule has 2 rings (SSSR count). The predicted octanol–water partition coefficient (Wildman–Crippen LogP) is 1.60. The number of nitrogens with two attached hydrogens (primary N) is 1. The summed E-state index contributed by atoms with van der Waals surface area (Å²) in [6.07, 6.45) is 1.57. The van der Waals surface area contributed by atoms with Crippen molar-refractivity contribution in [3.05, 3.63) is 29.3 Å². The number of ether oxygens (including phenoxy) is 1. The lowest BCUT2D eigenvalue weighted by molar-refractivity contribution is -0.146. The molecule has 1 amide bonds. The number of nitrogen functional groups attached to an aromatic ring is 1. The fourth-order valence-electron chi connectivity index (χ4n) is 2.56. The lowest BCUT2D eigenvalue weighted by atomic mass is 9.97. The van der Waals surface area contributed by atoms with Crippen molar-refractivity contribution in [2.75, 3.05) is 25.9 Å². The van der Waals surface area contributed by atoms with Crippen molar-refractivity contribution in [2.24, 2.45) is 5.92 Å². The van der Waals surface area contributed by atoms with E-state index < -0.39 is 0 Å². The highest BCUT2D eigenvalue weighted by atomic mass is 16.5. The normalized spacial score (nSPS) is 18.7. The van der Waals surface area contributed by atoms with Gasteiger partial charge < -0.3 is 15.4 Å². The third-order valence-electron chi connectivity index (χ3n) is 3.80. The molecule has 0 aliphatic carbocycles. The molecule has 1 aromatic rings. The average molecular weight is 276 g/mol. The summed E-state index contributed by atoms with van der Waals surface area (Å²) in [7, 11) is 1.38. The minimum absolute atomic E-state index is 0.111. The van der Waals surface area contributed by atoms with Crippen molar-refractivity contribution >= 4 is 17.6 Å². The van der Waals surface area contributed by atoms with Crippen molar-refractivity contribution in [2.45, 2.75) is 19.8 Å². The molecular weight excluding hydrogens is 256 g/mol. The maximum Gasteiger partial charge on any atom is 0.310 e. The summed E-state index contributed by atoms with van der Waals surface area (Å²) in [5.74, 6) is -0.594. The Bertz CT molecular complexity index is 528. The SMILES string of the molecule is COC(=O)C1CCCN(C(=O)c2cccc(C)c2N)C1. The molecule has 108 valence electrons. The molecule has 0 bridgehead atoms. The van der Waals surface area contributed by atoms with Gasteiger partial charge in [-0.15, -0.1) is 0 Å². The molecule has 0 radical (unpaired) electrons. The van der Waals surface area contributed by atoms with Crippen LogP contribution in [-0.4, -0.2) is 37.0 Å². The number of para-hydroxylation sites is 1. The van der Waals surface area contributed by atoms with Crippen LogP contribution >= 0.6 is 0 Å².